The highest BCUT2D eigenvalue weighted by Gasteiger charge is 2.51. The van der Waals surface area contributed by atoms with Gasteiger partial charge in [0.2, 0.25) is 0 Å². The van der Waals surface area contributed by atoms with E-state index in [0.29, 0.717) is 5.82 Å². The van der Waals surface area contributed by atoms with Crippen LogP contribution in [0.25, 0.3) is 11.6 Å². The summed E-state index contributed by atoms with van der Waals surface area (Å²) in [5, 5.41) is 8.17. The lowest BCUT2D eigenvalue weighted by atomic mass is 9.91. The number of nitrogens with zero attached hydrogens (tertiary/aromatic N) is 4. The molecule has 8 heteroatoms. The summed E-state index contributed by atoms with van der Waals surface area (Å²) in [5.41, 5.74) is 2.13. The second kappa shape index (κ2) is 5.72. The minimum atomic E-state index is -2.60. The molecule has 0 amide bonds. The van der Waals surface area contributed by atoms with Gasteiger partial charge in [-0.05, 0) is 49.1 Å². The smallest absolute Gasteiger partial charge is 0.280 e. The molecular formula is C17H15BrF2N4O. The van der Waals surface area contributed by atoms with Crippen LogP contribution in [0.4, 0.5) is 8.78 Å². The second-order valence-corrected chi connectivity index (χ2v) is 7.26. The van der Waals surface area contributed by atoms with Crippen molar-refractivity contribution in [3.8, 4) is 11.6 Å². The summed E-state index contributed by atoms with van der Waals surface area (Å²) in [6, 6.07) is 7.41. The molecule has 2 heterocycles. The Balaban J connectivity index is 1.72. The SMILES string of the molecule is Cc1ccc(Br)cc1C1(c2noc(-c3cc(C(F)F)n(C)n3)n2)CC1. The van der Waals surface area contributed by atoms with Crippen LogP contribution in [0.5, 0.6) is 0 Å². The highest BCUT2D eigenvalue weighted by Crippen LogP contribution is 2.53. The van der Waals surface area contributed by atoms with E-state index in [4.69, 9.17) is 4.52 Å². The first-order valence-electron chi connectivity index (χ1n) is 7.84. The molecule has 0 N–H and O–H groups in total. The van der Waals surface area contributed by atoms with Crippen molar-refractivity contribution in [2.75, 3.05) is 0 Å². The molecule has 1 aliphatic carbocycles. The van der Waals surface area contributed by atoms with E-state index < -0.39 is 6.43 Å². The molecule has 4 rings (SSSR count). The van der Waals surface area contributed by atoms with Crippen LogP contribution in [0.2, 0.25) is 0 Å². The number of rotatable bonds is 4. The number of aromatic nitrogens is 4. The maximum atomic E-state index is 12.9. The third-order valence-electron chi connectivity index (χ3n) is 4.68. The molecule has 0 aliphatic heterocycles. The van der Waals surface area contributed by atoms with Crippen LogP contribution in [0.1, 0.15) is 41.9 Å². The van der Waals surface area contributed by atoms with Gasteiger partial charge in [-0.25, -0.2) is 8.78 Å². The first-order valence-corrected chi connectivity index (χ1v) is 8.63. The van der Waals surface area contributed by atoms with Gasteiger partial charge < -0.3 is 4.52 Å². The van der Waals surface area contributed by atoms with Gasteiger partial charge in [-0.1, -0.05) is 27.2 Å². The highest BCUT2D eigenvalue weighted by molar-refractivity contribution is 9.10. The highest BCUT2D eigenvalue weighted by atomic mass is 79.9. The van der Waals surface area contributed by atoms with E-state index in [9.17, 15) is 8.78 Å². The van der Waals surface area contributed by atoms with Crippen molar-refractivity contribution in [3.63, 3.8) is 0 Å². The third-order valence-corrected chi connectivity index (χ3v) is 5.17. The summed E-state index contributed by atoms with van der Waals surface area (Å²) in [6.07, 6.45) is -0.755. The first kappa shape index (κ1) is 16.4. The Morgan fingerprint density at radius 2 is 2.04 bits per heavy atom. The monoisotopic (exact) mass is 408 g/mol. The topological polar surface area (TPSA) is 56.7 Å². The average Bonchev–Trinajstić information content (AvgIpc) is 3.03. The van der Waals surface area contributed by atoms with Crippen molar-refractivity contribution in [1.29, 1.82) is 0 Å². The van der Waals surface area contributed by atoms with Crippen molar-refractivity contribution in [3.05, 3.63) is 51.4 Å². The van der Waals surface area contributed by atoms with Crippen LogP contribution in [0.15, 0.2) is 33.3 Å². The van der Waals surface area contributed by atoms with Crippen LogP contribution in [0.3, 0.4) is 0 Å². The lowest BCUT2D eigenvalue weighted by Gasteiger charge is -2.14. The minimum Gasteiger partial charge on any atom is -0.332 e. The van der Waals surface area contributed by atoms with Gasteiger partial charge in [0.1, 0.15) is 5.69 Å². The molecular weight excluding hydrogens is 394 g/mol. The van der Waals surface area contributed by atoms with Crippen LogP contribution in [-0.2, 0) is 12.5 Å². The van der Waals surface area contributed by atoms with Crippen molar-refractivity contribution < 1.29 is 13.3 Å². The van der Waals surface area contributed by atoms with E-state index in [0.717, 1.165) is 33.1 Å². The Bertz CT molecular complexity index is 946. The summed E-state index contributed by atoms with van der Waals surface area (Å²) in [4.78, 5) is 4.46. The van der Waals surface area contributed by atoms with Gasteiger partial charge in [0.05, 0.1) is 5.41 Å². The molecule has 0 unspecified atom stereocenters. The van der Waals surface area contributed by atoms with Crippen LogP contribution < -0.4 is 0 Å². The predicted octanol–water partition coefficient (Wildman–Crippen LogP) is 4.56. The molecule has 2 aromatic heterocycles. The number of alkyl halides is 2. The Morgan fingerprint density at radius 3 is 2.68 bits per heavy atom. The van der Waals surface area contributed by atoms with Crippen molar-refractivity contribution >= 4 is 15.9 Å². The van der Waals surface area contributed by atoms with Gasteiger partial charge >= 0.3 is 0 Å². The molecule has 0 bridgehead atoms. The van der Waals surface area contributed by atoms with Gasteiger partial charge in [0.15, 0.2) is 11.5 Å². The second-order valence-electron chi connectivity index (χ2n) is 6.34. The van der Waals surface area contributed by atoms with E-state index in [1.165, 1.54) is 13.1 Å². The maximum Gasteiger partial charge on any atom is 0.280 e. The van der Waals surface area contributed by atoms with Crippen LogP contribution in [-0.4, -0.2) is 19.9 Å². The van der Waals surface area contributed by atoms with Crippen molar-refractivity contribution in [1.82, 2.24) is 19.9 Å². The summed E-state index contributed by atoms with van der Waals surface area (Å²) in [7, 11) is 1.47. The normalized spacial score (nSPS) is 15.8. The summed E-state index contributed by atoms with van der Waals surface area (Å²) < 4.78 is 33.3. The number of hydrogen-bond donors (Lipinski definition) is 0. The van der Waals surface area contributed by atoms with Gasteiger partial charge in [-0.15, -0.1) is 0 Å². The van der Waals surface area contributed by atoms with Crippen LogP contribution >= 0.6 is 15.9 Å². The first-order chi connectivity index (χ1) is 11.9. The van der Waals surface area contributed by atoms with E-state index >= 15 is 0 Å². The quantitative estimate of drug-likeness (QED) is 0.634. The molecule has 1 saturated carbocycles. The zero-order chi connectivity index (χ0) is 17.8. The van der Waals surface area contributed by atoms with Gasteiger partial charge in [0, 0.05) is 11.5 Å². The molecule has 25 heavy (non-hydrogen) atoms. The molecule has 1 fully saturated rings. The fourth-order valence-corrected chi connectivity index (χ4v) is 3.52. The largest absolute Gasteiger partial charge is 0.332 e. The Hall–Kier alpha value is -2.09. The number of hydrogen-bond acceptors (Lipinski definition) is 4. The summed E-state index contributed by atoms with van der Waals surface area (Å²) in [6.45, 7) is 2.05. The minimum absolute atomic E-state index is 0.163. The van der Waals surface area contributed by atoms with E-state index in [1.54, 1.807) is 0 Å². The van der Waals surface area contributed by atoms with Crippen LogP contribution in [0, 0.1) is 6.92 Å². The molecule has 0 saturated heterocycles. The predicted molar refractivity (Wildman–Crippen MR) is 90.4 cm³/mol. The fraction of sp³-hybridized carbons (Fsp3) is 0.353. The standard InChI is InChI=1S/C17H15BrF2N4O/c1-9-3-4-10(18)7-11(9)17(5-6-17)16-21-15(25-23-16)12-8-13(14(19)20)24(2)22-12/h3-4,7-8,14H,5-6H2,1-2H3. The molecule has 130 valence electrons. The molecule has 0 atom stereocenters. The molecule has 5 nitrogen and oxygen atoms in total. The fourth-order valence-electron chi connectivity index (χ4n) is 3.16. The van der Waals surface area contributed by atoms with Gasteiger partial charge in [-0.3, -0.25) is 4.68 Å². The third kappa shape index (κ3) is 2.68. The maximum absolute atomic E-state index is 12.9. The van der Waals surface area contributed by atoms with E-state index in [2.05, 4.69) is 44.2 Å². The molecule has 0 radical (unpaired) electrons. The number of aryl methyl sites for hydroxylation is 2. The lowest BCUT2D eigenvalue weighted by molar-refractivity contribution is 0.141. The van der Waals surface area contributed by atoms with Gasteiger partial charge in [0.25, 0.3) is 12.3 Å². The zero-order valence-electron chi connectivity index (χ0n) is 13.6. The average molecular weight is 409 g/mol. The molecule has 1 aliphatic rings. The van der Waals surface area contributed by atoms with Gasteiger partial charge in [-0.2, -0.15) is 10.1 Å². The molecule has 3 aromatic rings. The van der Waals surface area contributed by atoms with Crippen molar-refractivity contribution in [2.45, 2.75) is 31.6 Å². The number of halogens is 3. The van der Waals surface area contributed by atoms with Crippen molar-refractivity contribution in [2.24, 2.45) is 7.05 Å². The summed E-state index contributed by atoms with van der Waals surface area (Å²) >= 11 is 3.51. The summed E-state index contributed by atoms with van der Waals surface area (Å²) in [5.74, 6) is 0.740. The Morgan fingerprint density at radius 1 is 1.28 bits per heavy atom. The van der Waals surface area contributed by atoms with E-state index in [-0.39, 0.29) is 22.7 Å². The number of benzene rings is 1. The Kier molecular flexibility index (Phi) is 3.75. The zero-order valence-corrected chi connectivity index (χ0v) is 15.2. The Labute approximate surface area is 151 Å². The molecule has 0 spiro atoms. The molecule has 1 aromatic carbocycles. The lowest BCUT2D eigenvalue weighted by Crippen LogP contribution is -2.12. The van der Waals surface area contributed by atoms with E-state index in [1.807, 2.05) is 12.1 Å².